The summed E-state index contributed by atoms with van der Waals surface area (Å²) < 4.78 is 0. The minimum absolute atomic E-state index is 0. The zero-order valence-corrected chi connectivity index (χ0v) is 6.86. The van der Waals surface area contributed by atoms with E-state index in [-0.39, 0.29) is 28.4 Å². The predicted octanol–water partition coefficient (Wildman–Crippen LogP) is 0.670. The molecule has 0 fully saturated rings. The first-order chi connectivity index (χ1) is 5.11. The molecule has 0 aliphatic rings. The van der Waals surface area contributed by atoms with Crippen molar-refractivity contribution in [2.24, 2.45) is 0 Å². The fourth-order valence-electron chi connectivity index (χ4n) is 0.730. The molecule has 1 aromatic rings. The molecule has 0 bridgehead atoms. The summed E-state index contributed by atoms with van der Waals surface area (Å²) >= 11 is 0. The summed E-state index contributed by atoms with van der Waals surface area (Å²) in [6, 6.07) is 3.87. The van der Waals surface area contributed by atoms with E-state index in [9.17, 15) is 4.79 Å². The minimum Gasteiger partial charge on any atom is -0.507 e. The number of hydrogen-bond donors (Lipinski definition) is 3. The van der Waals surface area contributed by atoms with Crippen LogP contribution in [0.4, 0.5) is 5.69 Å². The first-order valence-corrected chi connectivity index (χ1v) is 2.93. The van der Waals surface area contributed by atoms with E-state index in [0.29, 0.717) is 5.69 Å². The van der Waals surface area contributed by atoms with Gasteiger partial charge in [0.2, 0.25) is 0 Å². The number of carboxylic acid groups (broad SMARTS) is 1. The second-order valence-corrected chi connectivity index (χ2v) is 2.08. The fourth-order valence-corrected chi connectivity index (χ4v) is 0.730. The van der Waals surface area contributed by atoms with Crippen molar-refractivity contribution in [1.29, 1.82) is 0 Å². The maximum atomic E-state index is 10.3. The second-order valence-electron chi connectivity index (χ2n) is 2.08. The number of carbonyl (C=O) groups is 1. The third kappa shape index (κ3) is 2.15. The number of nitrogens with two attached hydrogens (primary N) is 1. The molecule has 0 unspecified atom stereocenters. The van der Waals surface area contributed by atoms with Crippen LogP contribution < -0.4 is 5.73 Å². The summed E-state index contributed by atoms with van der Waals surface area (Å²) in [7, 11) is 0. The minimum atomic E-state index is -1.16. The summed E-state index contributed by atoms with van der Waals surface area (Å²) in [5.74, 6) is -1.47. The summed E-state index contributed by atoms with van der Waals surface area (Å²) in [6.45, 7) is 0. The fraction of sp³-hybridized carbons (Fsp3) is 0. The van der Waals surface area contributed by atoms with Crippen LogP contribution in [0.3, 0.4) is 0 Å². The summed E-state index contributed by atoms with van der Waals surface area (Å²) in [4.78, 5) is 10.3. The Balaban J connectivity index is 0.00000121. The van der Waals surface area contributed by atoms with Crippen molar-refractivity contribution >= 4 is 11.7 Å². The molecule has 1 radical (unpaired) electrons. The van der Waals surface area contributed by atoms with Crippen molar-refractivity contribution in [1.82, 2.24) is 0 Å². The van der Waals surface area contributed by atoms with Crippen LogP contribution in [0.1, 0.15) is 10.4 Å². The molecule has 0 atom stereocenters. The number of aromatic hydroxyl groups is 1. The molecule has 12 heavy (non-hydrogen) atoms. The van der Waals surface area contributed by atoms with Crippen molar-refractivity contribution in [3.05, 3.63) is 23.8 Å². The van der Waals surface area contributed by atoms with Crippen LogP contribution in [0, 0.1) is 0 Å². The van der Waals surface area contributed by atoms with E-state index in [0.717, 1.165) is 0 Å². The maximum absolute atomic E-state index is 10.3. The van der Waals surface area contributed by atoms with Crippen LogP contribution in [-0.2, 0) is 17.1 Å². The van der Waals surface area contributed by atoms with Gasteiger partial charge < -0.3 is 15.9 Å². The molecule has 0 saturated carbocycles. The number of rotatable bonds is 1. The average molecular weight is 217 g/mol. The second kappa shape index (κ2) is 3.99. The molecule has 0 aromatic heterocycles. The molecule has 1 aromatic carbocycles. The molecule has 4 N–H and O–H groups in total. The van der Waals surface area contributed by atoms with E-state index in [1.807, 2.05) is 0 Å². The first-order valence-electron chi connectivity index (χ1n) is 2.93. The van der Waals surface area contributed by atoms with Gasteiger partial charge in [0, 0.05) is 28.8 Å². The van der Waals surface area contributed by atoms with Gasteiger partial charge in [0.25, 0.3) is 0 Å². The van der Waals surface area contributed by atoms with Gasteiger partial charge in [-0.2, -0.15) is 0 Å². The topological polar surface area (TPSA) is 83.6 Å². The number of anilines is 1. The monoisotopic (exact) mass is 216 g/mol. The van der Waals surface area contributed by atoms with Crippen LogP contribution in [0.25, 0.3) is 0 Å². The third-order valence-corrected chi connectivity index (χ3v) is 1.25. The standard InChI is InChI=1S/C7H7NO3.Cu/c8-4-1-2-5(7(10)11)6(9)3-4;/h1-3,9H,8H2,(H,10,11);. The number of nitrogen functional groups attached to an aromatic ring is 1. The normalized spacial score (nSPS) is 8.67. The van der Waals surface area contributed by atoms with Gasteiger partial charge in [0.1, 0.15) is 11.3 Å². The van der Waals surface area contributed by atoms with Gasteiger partial charge in [-0.3, -0.25) is 0 Å². The number of aromatic carboxylic acids is 1. The average Bonchev–Trinajstić information content (AvgIpc) is 1.85. The van der Waals surface area contributed by atoms with Gasteiger partial charge in [0.15, 0.2) is 0 Å². The Bertz CT molecular complexity index is 301. The van der Waals surface area contributed by atoms with E-state index in [1.54, 1.807) is 0 Å². The van der Waals surface area contributed by atoms with Gasteiger partial charge in [0.05, 0.1) is 0 Å². The molecule has 1 rings (SSSR count). The summed E-state index contributed by atoms with van der Waals surface area (Å²) in [5.41, 5.74) is 5.48. The molecular formula is C7H7CuNO3. The number of hydrogen-bond acceptors (Lipinski definition) is 3. The van der Waals surface area contributed by atoms with Gasteiger partial charge in [-0.25, -0.2) is 4.79 Å². The number of carboxylic acids is 1. The van der Waals surface area contributed by atoms with E-state index in [1.165, 1.54) is 18.2 Å². The third-order valence-electron chi connectivity index (χ3n) is 1.25. The molecule has 0 aliphatic carbocycles. The molecule has 4 nitrogen and oxygen atoms in total. The van der Waals surface area contributed by atoms with E-state index >= 15 is 0 Å². The number of phenols is 1. The first kappa shape index (κ1) is 10.8. The smallest absolute Gasteiger partial charge is 0.339 e. The molecular weight excluding hydrogens is 210 g/mol. The number of benzene rings is 1. The van der Waals surface area contributed by atoms with Crippen molar-refractivity contribution in [3.63, 3.8) is 0 Å². The van der Waals surface area contributed by atoms with E-state index in [4.69, 9.17) is 15.9 Å². The Morgan fingerprint density at radius 1 is 1.42 bits per heavy atom. The van der Waals surface area contributed by atoms with Gasteiger partial charge in [-0.05, 0) is 12.1 Å². The van der Waals surface area contributed by atoms with Gasteiger partial charge in [-0.15, -0.1) is 0 Å². The molecule has 69 valence electrons. The van der Waals surface area contributed by atoms with Crippen LogP contribution in [-0.4, -0.2) is 16.2 Å². The molecule has 5 heteroatoms. The van der Waals surface area contributed by atoms with Crippen LogP contribution in [0.5, 0.6) is 5.75 Å². The summed E-state index contributed by atoms with van der Waals surface area (Å²) in [6.07, 6.45) is 0. The Morgan fingerprint density at radius 3 is 2.42 bits per heavy atom. The molecule has 0 spiro atoms. The molecule has 0 aliphatic heterocycles. The van der Waals surface area contributed by atoms with Crippen molar-refractivity contribution in [2.45, 2.75) is 0 Å². The van der Waals surface area contributed by atoms with Crippen molar-refractivity contribution < 1.29 is 32.1 Å². The molecule has 0 amide bonds. The molecule has 0 heterocycles. The van der Waals surface area contributed by atoms with E-state index in [2.05, 4.69) is 0 Å². The zero-order valence-electron chi connectivity index (χ0n) is 5.91. The largest absolute Gasteiger partial charge is 0.507 e. The summed E-state index contributed by atoms with van der Waals surface area (Å²) in [5, 5.41) is 17.5. The maximum Gasteiger partial charge on any atom is 0.339 e. The molecule has 0 saturated heterocycles. The quantitative estimate of drug-likeness (QED) is 0.476. The van der Waals surface area contributed by atoms with Crippen LogP contribution in [0.15, 0.2) is 18.2 Å². The Hall–Kier alpha value is -1.19. The SMILES string of the molecule is Nc1ccc(C(=O)O)c(O)c1.[Cu]. The van der Waals surface area contributed by atoms with Crippen LogP contribution in [0.2, 0.25) is 0 Å². The van der Waals surface area contributed by atoms with Gasteiger partial charge in [-0.1, -0.05) is 0 Å². The predicted molar refractivity (Wildman–Crippen MR) is 39.5 cm³/mol. The van der Waals surface area contributed by atoms with Crippen LogP contribution >= 0.6 is 0 Å². The van der Waals surface area contributed by atoms with E-state index < -0.39 is 5.97 Å². The van der Waals surface area contributed by atoms with Crippen molar-refractivity contribution in [3.8, 4) is 5.75 Å². The Labute approximate surface area is 79.5 Å². The van der Waals surface area contributed by atoms with Gasteiger partial charge >= 0.3 is 5.97 Å². The Morgan fingerprint density at radius 2 is 2.00 bits per heavy atom. The van der Waals surface area contributed by atoms with Crippen molar-refractivity contribution in [2.75, 3.05) is 5.73 Å². The Kier molecular flexibility index (Phi) is 3.60. The zero-order chi connectivity index (χ0) is 8.43.